The number of rotatable bonds is 5. The Bertz CT molecular complexity index is 280. The molecule has 3 atom stereocenters. The van der Waals surface area contributed by atoms with Crippen molar-refractivity contribution in [1.29, 1.82) is 0 Å². The van der Waals surface area contributed by atoms with E-state index in [1.54, 1.807) is 0 Å². The van der Waals surface area contributed by atoms with E-state index >= 15 is 0 Å². The van der Waals surface area contributed by atoms with E-state index < -0.39 is 17.2 Å². The Hall–Kier alpha value is -0.650. The third kappa shape index (κ3) is 4.26. The van der Waals surface area contributed by atoms with Gasteiger partial charge in [0.15, 0.2) is 5.60 Å². The SMILES string of the molecule is CC1CCCC(O)(CNCC(C)(O)C(=O)O)C1. The van der Waals surface area contributed by atoms with E-state index in [1.165, 1.54) is 6.92 Å². The normalized spacial score (nSPS) is 33.1. The number of aliphatic hydroxyl groups is 2. The summed E-state index contributed by atoms with van der Waals surface area (Å²) >= 11 is 0. The average Bonchev–Trinajstić information content (AvgIpc) is 2.15. The van der Waals surface area contributed by atoms with Crippen molar-refractivity contribution in [2.24, 2.45) is 5.92 Å². The predicted octanol–water partition coefficient (Wildman–Crippen LogP) is 0.353. The Morgan fingerprint density at radius 1 is 1.59 bits per heavy atom. The van der Waals surface area contributed by atoms with Crippen molar-refractivity contribution in [2.75, 3.05) is 13.1 Å². The number of carboxylic acid groups (broad SMARTS) is 1. The lowest BCUT2D eigenvalue weighted by atomic mass is 9.79. The molecule has 1 aliphatic carbocycles. The molecular weight excluding hydrogens is 222 g/mol. The number of carboxylic acids is 1. The molecule has 4 N–H and O–H groups in total. The van der Waals surface area contributed by atoms with Crippen molar-refractivity contribution >= 4 is 5.97 Å². The summed E-state index contributed by atoms with van der Waals surface area (Å²) in [6, 6.07) is 0. The molecule has 0 aromatic rings. The highest BCUT2D eigenvalue weighted by Crippen LogP contribution is 2.31. The predicted molar refractivity (Wildman–Crippen MR) is 63.7 cm³/mol. The molecule has 0 aromatic heterocycles. The average molecular weight is 245 g/mol. The van der Waals surface area contributed by atoms with Crippen LogP contribution in [0.15, 0.2) is 0 Å². The van der Waals surface area contributed by atoms with Gasteiger partial charge >= 0.3 is 5.97 Å². The Labute approximate surface area is 102 Å². The van der Waals surface area contributed by atoms with Crippen LogP contribution in [0, 0.1) is 5.92 Å². The van der Waals surface area contributed by atoms with Crippen LogP contribution in [0.2, 0.25) is 0 Å². The van der Waals surface area contributed by atoms with Crippen molar-refractivity contribution < 1.29 is 20.1 Å². The molecule has 5 nitrogen and oxygen atoms in total. The van der Waals surface area contributed by atoms with Crippen LogP contribution in [-0.4, -0.2) is 45.6 Å². The maximum absolute atomic E-state index is 10.7. The molecule has 100 valence electrons. The smallest absolute Gasteiger partial charge is 0.336 e. The molecule has 17 heavy (non-hydrogen) atoms. The number of aliphatic carboxylic acids is 1. The van der Waals surface area contributed by atoms with Crippen LogP contribution in [0.25, 0.3) is 0 Å². The standard InChI is InChI=1S/C12H23NO4/c1-9-4-3-5-12(17,6-9)8-13-7-11(2,16)10(14)15/h9,13,16-17H,3-8H2,1-2H3,(H,14,15). The first kappa shape index (κ1) is 14.4. The van der Waals surface area contributed by atoms with Crippen LogP contribution >= 0.6 is 0 Å². The molecule has 1 fully saturated rings. The van der Waals surface area contributed by atoms with E-state index in [2.05, 4.69) is 12.2 Å². The van der Waals surface area contributed by atoms with E-state index in [4.69, 9.17) is 5.11 Å². The van der Waals surface area contributed by atoms with Gasteiger partial charge in [0.1, 0.15) is 0 Å². The number of nitrogens with one attached hydrogen (secondary N) is 1. The molecule has 1 rings (SSSR count). The lowest BCUT2D eigenvalue weighted by Gasteiger charge is -2.36. The minimum absolute atomic E-state index is 0.0565. The summed E-state index contributed by atoms with van der Waals surface area (Å²) in [4.78, 5) is 10.7. The monoisotopic (exact) mass is 245 g/mol. The molecule has 0 saturated heterocycles. The van der Waals surface area contributed by atoms with Crippen molar-refractivity contribution in [2.45, 2.75) is 50.7 Å². The molecule has 1 aliphatic rings. The van der Waals surface area contributed by atoms with Crippen LogP contribution in [0.3, 0.4) is 0 Å². The second-order valence-electron chi connectivity index (χ2n) is 5.61. The first-order valence-corrected chi connectivity index (χ1v) is 6.14. The van der Waals surface area contributed by atoms with Crippen LogP contribution in [0.4, 0.5) is 0 Å². The first-order valence-electron chi connectivity index (χ1n) is 6.14. The van der Waals surface area contributed by atoms with Crippen LogP contribution < -0.4 is 5.32 Å². The van der Waals surface area contributed by atoms with Gasteiger partial charge in [0.2, 0.25) is 0 Å². The maximum atomic E-state index is 10.7. The van der Waals surface area contributed by atoms with Gasteiger partial charge in [-0.3, -0.25) is 0 Å². The molecule has 3 unspecified atom stereocenters. The summed E-state index contributed by atoms with van der Waals surface area (Å²) in [6.07, 6.45) is 3.60. The van der Waals surface area contributed by atoms with Crippen molar-refractivity contribution in [3.63, 3.8) is 0 Å². The van der Waals surface area contributed by atoms with Crippen LogP contribution in [0.1, 0.15) is 39.5 Å². The van der Waals surface area contributed by atoms with Gasteiger partial charge in [-0.1, -0.05) is 19.8 Å². The minimum Gasteiger partial charge on any atom is -0.479 e. The van der Waals surface area contributed by atoms with Crippen molar-refractivity contribution in [3.8, 4) is 0 Å². The Morgan fingerprint density at radius 2 is 2.24 bits per heavy atom. The largest absolute Gasteiger partial charge is 0.479 e. The fourth-order valence-electron chi connectivity index (χ4n) is 2.41. The fourth-order valence-corrected chi connectivity index (χ4v) is 2.41. The Morgan fingerprint density at radius 3 is 2.76 bits per heavy atom. The zero-order valence-corrected chi connectivity index (χ0v) is 10.6. The fraction of sp³-hybridized carbons (Fsp3) is 0.917. The van der Waals surface area contributed by atoms with Gasteiger partial charge < -0.3 is 20.6 Å². The van der Waals surface area contributed by atoms with Crippen LogP contribution in [0.5, 0.6) is 0 Å². The van der Waals surface area contributed by atoms with Gasteiger partial charge in [0, 0.05) is 13.1 Å². The highest BCUT2D eigenvalue weighted by Gasteiger charge is 2.34. The molecular formula is C12H23NO4. The summed E-state index contributed by atoms with van der Waals surface area (Å²) in [7, 11) is 0. The van der Waals surface area contributed by atoms with E-state index in [1.807, 2.05) is 0 Å². The molecule has 0 heterocycles. The van der Waals surface area contributed by atoms with Gasteiger partial charge in [-0.2, -0.15) is 0 Å². The van der Waals surface area contributed by atoms with Gasteiger partial charge in [-0.25, -0.2) is 4.79 Å². The summed E-state index contributed by atoms with van der Waals surface area (Å²) in [5, 5.41) is 31.4. The number of hydrogen-bond acceptors (Lipinski definition) is 4. The highest BCUT2D eigenvalue weighted by molar-refractivity contribution is 5.76. The van der Waals surface area contributed by atoms with E-state index in [0.29, 0.717) is 12.5 Å². The zero-order chi connectivity index (χ0) is 13.1. The van der Waals surface area contributed by atoms with Gasteiger partial charge in [-0.05, 0) is 25.7 Å². The zero-order valence-electron chi connectivity index (χ0n) is 10.6. The summed E-state index contributed by atoms with van der Waals surface area (Å²) < 4.78 is 0. The molecule has 0 bridgehead atoms. The lowest BCUT2D eigenvalue weighted by Crippen LogP contribution is -2.50. The first-order chi connectivity index (χ1) is 7.75. The van der Waals surface area contributed by atoms with Gasteiger partial charge in [0.25, 0.3) is 0 Å². The van der Waals surface area contributed by atoms with Crippen molar-refractivity contribution in [1.82, 2.24) is 5.32 Å². The number of carbonyl (C=O) groups is 1. The molecule has 0 spiro atoms. The van der Waals surface area contributed by atoms with Gasteiger partial charge in [-0.15, -0.1) is 0 Å². The Balaban J connectivity index is 2.37. The van der Waals surface area contributed by atoms with E-state index in [-0.39, 0.29) is 6.54 Å². The third-order valence-electron chi connectivity index (χ3n) is 3.45. The highest BCUT2D eigenvalue weighted by atomic mass is 16.4. The molecule has 0 amide bonds. The van der Waals surface area contributed by atoms with Crippen molar-refractivity contribution in [3.05, 3.63) is 0 Å². The summed E-state index contributed by atoms with van der Waals surface area (Å²) in [5.74, 6) is -0.760. The molecule has 0 aliphatic heterocycles. The Kier molecular flexibility index (Phi) is 4.52. The quantitative estimate of drug-likeness (QED) is 0.561. The topological polar surface area (TPSA) is 89.8 Å². The second-order valence-corrected chi connectivity index (χ2v) is 5.61. The molecule has 0 aromatic carbocycles. The van der Waals surface area contributed by atoms with E-state index in [0.717, 1.165) is 25.7 Å². The number of hydrogen-bond donors (Lipinski definition) is 4. The molecule has 5 heteroatoms. The maximum Gasteiger partial charge on any atom is 0.336 e. The lowest BCUT2D eigenvalue weighted by molar-refractivity contribution is -0.156. The van der Waals surface area contributed by atoms with Crippen LogP contribution in [-0.2, 0) is 4.79 Å². The molecule has 0 radical (unpaired) electrons. The summed E-state index contributed by atoms with van der Waals surface area (Å²) in [6.45, 7) is 3.63. The minimum atomic E-state index is -1.78. The second kappa shape index (κ2) is 5.33. The third-order valence-corrected chi connectivity index (χ3v) is 3.45. The molecule has 1 saturated carbocycles. The van der Waals surface area contributed by atoms with E-state index in [9.17, 15) is 15.0 Å². The summed E-state index contributed by atoms with van der Waals surface area (Å²) in [5.41, 5.74) is -2.54. The van der Waals surface area contributed by atoms with Gasteiger partial charge in [0.05, 0.1) is 5.60 Å².